The SMILES string of the molecule is CC(C)C(CO)CCC(C)C1CCC2C3CC=C4CCCCC4(C)C3CCC12C. The summed E-state index contributed by atoms with van der Waals surface area (Å²) in [5.74, 6) is 5.71. The van der Waals surface area contributed by atoms with Crippen molar-refractivity contribution in [3.63, 3.8) is 0 Å². The van der Waals surface area contributed by atoms with Crippen molar-refractivity contribution in [1.29, 1.82) is 0 Å². The van der Waals surface area contributed by atoms with Gasteiger partial charge in [-0.3, -0.25) is 0 Å². The average molecular weight is 401 g/mol. The molecular formula is C28H48O. The van der Waals surface area contributed by atoms with Gasteiger partial charge in [0.1, 0.15) is 0 Å². The van der Waals surface area contributed by atoms with Crippen molar-refractivity contribution in [2.45, 2.75) is 105 Å². The first-order valence-electron chi connectivity index (χ1n) is 13.1. The Labute approximate surface area is 181 Å². The first kappa shape index (κ1) is 21.9. The first-order chi connectivity index (χ1) is 13.8. The fourth-order valence-corrected chi connectivity index (χ4v) is 8.99. The maximum atomic E-state index is 9.76. The van der Waals surface area contributed by atoms with Crippen molar-refractivity contribution in [2.75, 3.05) is 6.61 Å². The Morgan fingerprint density at radius 1 is 1.00 bits per heavy atom. The van der Waals surface area contributed by atoms with Crippen LogP contribution in [0.15, 0.2) is 11.6 Å². The normalized spacial score (nSPS) is 43.9. The molecule has 1 N–H and O–H groups in total. The molecule has 0 radical (unpaired) electrons. The number of hydrogen-bond acceptors (Lipinski definition) is 1. The smallest absolute Gasteiger partial charge is 0.0461 e. The van der Waals surface area contributed by atoms with Crippen LogP contribution in [0.4, 0.5) is 0 Å². The van der Waals surface area contributed by atoms with Crippen LogP contribution in [0.1, 0.15) is 105 Å². The fraction of sp³-hybridized carbons (Fsp3) is 0.929. The molecule has 0 saturated heterocycles. The maximum Gasteiger partial charge on any atom is 0.0461 e. The summed E-state index contributed by atoms with van der Waals surface area (Å²) in [4.78, 5) is 0. The highest BCUT2D eigenvalue weighted by Gasteiger charge is 2.58. The third kappa shape index (κ3) is 3.66. The van der Waals surface area contributed by atoms with Crippen LogP contribution < -0.4 is 0 Å². The Hall–Kier alpha value is -0.300. The molecule has 0 aromatic heterocycles. The third-order valence-corrected chi connectivity index (χ3v) is 10.9. The van der Waals surface area contributed by atoms with Crippen LogP contribution >= 0.6 is 0 Å². The van der Waals surface area contributed by atoms with E-state index in [4.69, 9.17) is 0 Å². The molecule has 4 rings (SSSR count). The van der Waals surface area contributed by atoms with Gasteiger partial charge >= 0.3 is 0 Å². The molecule has 0 spiro atoms. The zero-order valence-corrected chi connectivity index (χ0v) is 20.1. The Morgan fingerprint density at radius 2 is 1.79 bits per heavy atom. The van der Waals surface area contributed by atoms with E-state index in [1.807, 2.05) is 5.57 Å². The van der Waals surface area contributed by atoms with Crippen LogP contribution in [0.3, 0.4) is 0 Å². The fourth-order valence-electron chi connectivity index (χ4n) is 8.99. The standard InChI is InChI=1S/C28H48O/c1-19(2)21(18-29)10-9-20(3)24-13-14-25-23-12-11-22-8-6-7-16-27(22,4)26(23)15-17-28(24,25)5/h11,19-21,23-26,29H,6-10,12-18H2,1-5H3. The minimum Gasteiger partial charge on any atom is -0.396 e. The molecule has 0 aromatic rings. The Morgan fingerprint density at radius 3 is 2.52 bits per heavy atom. The van der Waals surface area contributed by atoms with Crippen molar-refractivity contribution in [3.05, 3.63) is 11.6 Å². The maximum absolute atomic E-state index is 9.76. The lowest BCUT2D eigenvalue weighted by Crippen LogP contribution is -2.50. The van der Waals surface area contributed by atoms with E-state index in [1.54, 1.807) is 0 Å². The highest BCUT2D eigenvalue weighted by molar-refractivity contribution is 5.24. The first-order valence-corrected chi connectivity index (χ1v) is 13.1. The number of fused-ring (bicyclic) bond motifs is 5. The van der Waals surface area contributed by atoms with Crippen LogP contribution in [0, 0.1) is 52.3 Å². The monoisotopic (exact) mass is 400 g/mol. The summed E-state index contributed by atoms with van der Waals surface area (Å²) in [5, 5.41) is 9.76. The number of hydrogen-bond donors (Lipinski definition) is 1. The molecule has 4 aliphatic carbocycles. The molecule has 0 heterocycles. The van der Waals surface area contributed by atoms with E-state index in [9.17, 15) is 5.11 Å². The largest absolute Gasteiger partial charge is 0.396 e. The van der Waals surface area contributed by atoms with Crippen molar-refractivity contribution in [3.8, 4) is 0 Å². The molecule has 0 aliphatic heterocycles. The zero-order valence-electron chi connectivity index (χ0n) is 20.1. The van der Waals surface area contributed by atoms with Crippen LogP contribution in [0.2, 0.25) is 0 Å². The summed E-state index contributed by atoms with van der Waals surface area (Å²) in [6, 6.07) is 0. The molecule has 166 valence electrons. The quantitative estimate of drug-likeness (QED) is 0.454. The van der Waals surface area contributed by atoms with Crippen LogP contribution in [0.25, 0.3) is 0 Å². The second-order valence-electron chi connectivity index (χ2n) is 12.4. The number of rotatable bonds is 6. The van der Waals surface area contributed by atoms with E-state index < -0.39 is 0 Å². The molecule has 8 atom stereocenters. The van der Waals surface area contributed by atoms with Gasteiger partial charge in [0.2, 0.25) is 0 Å². The number of aliphatic hydroxyl groups is 1. The molecule has 0 bridgehead atoms. The van der Waals surface area contributed by atoms with E-state index in [0.29, 0.717) is 29.3 Å². The summed E-state index contributed by atoms with van der Waals surface area (Å²) in [7, 11) is 0. The van der Waals surface area contributed by atoms with Gasteiger partial charge in [0.25, 0.3) is 0 Å². The summed E-state index contributed by atoms with van der Waals surface area (Å²) in [5.41, 5.74) is 2.96. The molecule has 8 unspecified atom stereocenters. The highest BCUT2D eigenvalue weighted by Crippen LogP contribution is 2.67. The average Bonchev–Trinajstić information content (AvgIpc) is 3.05. The lowest BCUT2D eigenvalue weighted by molar-refractivity contribution is -0.0504. The van der Waals surface area contributed by atoms with E-state index >= 15 is 0 Å². The molecule has 0 amide bonds. The second kappa shape index (κ2) is 8.33. The van der Waals surface area contributed by atoms with Gasteiger partial charge in [-0.2, -0.15) is 0 Å². The molecule has 4 aliphatic rings. The van der Waals surface area contributed by atoms with E-state index in [2.05, 4.69) is 40.7 Å². The molecule has 3 saturated carbocycles. The Balaban J connectivity index is 1.47. The van der Waals surface area contributed by atoms with Gasteiger partial charge in [-0.1, -0.05) is 59.1 Å². The minimum atomic E-state index is 0.367. The third-order valence-electron chi connectivity index (χ3n) is 10.9. The predicted molar refractivity (Wildman–Crippen MR) is 124 cm³/mol. The van der Waals surface area contributed by atoms with Crippen molar-refractivity contribution < 1.29 is 5.11 Å². The van der Waals surface area contributed by atoms with Gasteiger partial charge in [-0.05, 0) is 110 Å². The second-order valence-corrected chi connectivity index (χ2v) is 12.4. The van der Waals surface area contributed by atoms with Gasteiger partial charge < -0.3 is 5.11 Å². The van der Waals surface area contributed by atoms with Gasteiger partial charge in [0.05, 0.1) is 0 Å². The van der Waals surface area contributed by atoms with Crippen molar-refractivity contribution in [2.24, 2.45) is 52.3 Å². The summed E-state index contributed by atoms with van der Waals surface area (Å²) >= 11 is 0. The highest BCUT2D eigenvalue weighted by atomic mass is 16.3. The zero-order chi connectivity index (χ0) is 20.8. The van der Waals surface area contributed by atoms with E-state index in [-0.39, 0.29) is 0 Å². The molecular weight excluding hydrogens is 352 g/mol. The van der Waals surface area contributed by atoms with Crippen molar-refractivity contribution in [1.82, 2.24) is 0 Å². The van der Waals surface area contributed by atoms with Gasteiger partial charge in [0, 0.05) is 6.61 Å². The number of allylic oxidation sites excluding steroid dienone is 2. The van der Waals surface area contributed by atoms with Crippen LogP contribution in [-0.4, -0.2) is 11.7 Å². The van der Waals surface area contributed by atoms with Gasteiger partial charge in [0.15, 0.2) is 0 Å². The summed E-state index contributed by atoms with van der Waals surface area (Å²) < 4.78 is 0. The lowest BCUT2D eigenvalue weighted by atomic mass is 9.47. The number of aliphatic hydroxyl groups excluding tert-OH is 1. The van der Waals surface area contributed by atoms with Crippen molar-refractivity contribution >= 4 is 0 Å². The van der Waals surface area contributed by atoms with E-state index in [1.165, 1.54) is 70.6 Å². The lowest BCUT2D eigenvalue weighted by Gasteiger charge is -2.58. The molecule has 29 heavy (non-hydrogen) atoms. The molecule has 1 heteroatoms. The topological polar surface area (TPSA) is 20.2 Å². The molecule has 1 nitrogen and oxygen atoms in total. The summed E-state index contributed by atoms with van der Waals surface area (Å²) in [6.45, 7) is 12.8. The summed E-state index contributed by atoms with van der Waals surface area (Å²) in [6.07, 6.45) is 18.3. The van der Waals surface area contributed by atoms with Gasteiger partial charge in [-0.15, -0.1) is 0 Å². The molecule has 3 fully saturated rings. The predicted octanol–water partition coefficient (Wildman–Crippen LogP) is 7.64. The van der Waals surface area contributed by atoms with Crippen LogP contribution in [0.5, 0.6) is 0 Å². The minimum absolute atomic E-state index is 0.367. The van der Waals surface area contributed by atoms with Gasteiger partial charge in [-0.25, -0.2) is 0 Å². The van der Waals surface area contributed by atoms with Crippen LogP contribution in [-0.2, 0) is 0 Å². The Kier molecular flexibility index (Phi) is 6.29. The van der Waals surface area contributed by atoms with E-state index in [0.717, 1.165) is 29.6 Å². The molecule has 0 aromatic carbocycles. The Bertz CT molecular complexity index is 605.